The number of carboxylic acid groups (broad SMARTS) is 1. The van der Waals surface area contributed by atoms with Gasteiger partial charge in [0.05, 0.1) is 5.25 Å². The van der Waals surface area contributed by atoms with Crippen LogP contribution in [0.1, 0.15) is 12.8 Å². The maximum absolute atomic E-state index is 11.6. The summed E-state index contributed by atoms with van der Waals surface area (Å²) in [5, 5.41) is 11.0. The average molecular weight is 260 g/mol. The van der Waals surface area contributed by atoms with Crippen LogP contribution in [0, 0.1) is 0 Å². The van der Waals surface area contributed by atoms with Gasteiger partial charge >= 0.3 is 5.97 Å². The van der Waals surface area contributed by atoms with Gasteiger partial charge in [-0.25, -0.2) is 4.79 Å². The Balaban J connectivity index is 2.29. The van der Waals surface area contributed by atoms with Gasteiger partial charge in [0, 0.05) is 13.6 Å². The second-order valence-corrected chi connectivity index (χ2v) is 5.18. The normalized spacial score (nSPS) is 21.4. The molecule has 1 aliphatic heterocycles. The van der Waals surface area contributed by atoms with Crippen LogP contribution in [0.25, 0.3) is 0 Å². The number of carbonyl (C=O) groups excluding carboxylic acids is 2. The molecule has 6 nitrogen and oxygen atoms in total. The van der Waals surface area contributed by atoms with E-state index in [-0.39, 0.29) is 11.2 Å². The third-order valence-electron chi connectivity index (χ3n) is 2.67. The molecule has 0 aromatic rings. The number of hydrogen-bond donors (Lipinski definition) is 2. The first kappa shape index (κ1) is 13.8. The van der Waals surface area contributed by atoms with Crippen molar-refractivity contribution in [3.8, 4) is 0 Å². The Hall–Kier alpha value is -1.24. The number of hydrogen-bond acceptors (Lipinski definition) is 4. The van der Waals surface area contributed by atoms with Gasteiger partial charge in [-0.15, -0.1) is 11.8 Å². The predicted molar refractivity (Wildman–Crippen MR) is 63.7 cm³/mol. The molecule has 2 N–H and O–H groups in total. The summed E-state index contributed by atoms with van der Waals surface area (Å²) >= 11 is 1.46. The van der Waals surface area contributed by atoms with Crippen molar-refractivity contribution in [2.24, 2.45) is 0 Å². The van der Waals surface area contributed by atoms with E-state index in [1.165, 1.54) is 11.8 Å². The SMILES string of the molecule is CN1CCC(SCCC(NC=O)C(=O)O)C1=O. The first-order chi connectivity index (χ1) is 8.06. The lowest BCUT2D eigenvalue weighted by Gasteiger charge is -2.13. The summed E-state index contributed by atoms with van der Waals surface area (Å²) in [5.74, 6) is -0.403. The van der Waals surface area contributed by atoms with Crippen molar-refractivity contribution in [1.29, 1.82) is 0 Å². The van der Waals surface area contributed by atoms with Crippen LogP contribution in [0.2, 0.25) is 0 Å². The van der Waals surface area contributed by atoms with Crippen LogP contribution in [-0.2, 0) is 14.4 Å². The monoisotopic (exact) mass is 260 g/mol. The Bertz CT molecular complexity index is 311. The van der Waals surface area contributed by atoms with Gasteiger partial charge < -0.3 is 15.3 Å². The number of nitrogens with zero attached hydrogens (tertiary/aromatic N) is 1. The summed E-state index contributed by atoms with van der Waals surface area (Å²) in [4.78, 5) is 34.2. The Morgan fingerprint density at radius 1 is 1.76 bits per heavy atom. The Morgan fingerprint density at radius 3 is 2.94 bits per heavy atom. The van der Waals surface area contributed by atoms with Crippen molar-refractivity contribution in [3.05, 3.63) is 0 Å². The van der Waals surface area contributed by atoms with Crippen LogP contribution in [0.3, 0.4) is 0 Å². The summed E-state index contributed by atoms with van der Waals surface area (Å²) in [6.45, 7) is 0.755. The van der Waals surface area contributed by atoms with Gasteiger partial charge in [-0.3, -0.25) is 9.59 Å². The van der Waals surface area contributed by atoms with Crippen LogP contribution in [0.5, 0.6) is 0 Å². The molecule has 1 heterocycles. The highest BCUT2D eigenvalue weighted by Gasteiger charge is 2.29. The molecule has 2 atom stereocenters. The van der Waals surface area contributed by atoms with E-state index in [1.54, 1.807) is 11.9 Å². The fraction of sp³-hybridized carbons (Fsp3) is 0.700. The number of rotatable bonds is 7. The molecule has 2 unspecified atom stereocenters. The highest BCUT2D eigenvalue weighted by Crippen LogP contribution is 2.23. The molecule has 0 bridgehead atoms. The van der Waals surface area contributed by atoms with Crippen LogP contribution in [0.4, 0.5) is 0 Å². The lowest BCUT2D eigenvalue weighted by Crippen LogP contribution is -2.36. The van der Waals surface area contributed by atoms with Crippen molar-refractivity contribution >= 4 is 30.0 Å². The maximum Gasteiger partial charge on any atom is 0.326 e. The Labute approximate surface area is 104 Å². The highest BCUT2D eigenvalue weighted by atomic mass is 32.2. The quantitative estimate of drug-likeness (QED) is 0.605. The summed E-state index contributed by atoms with van der Waals surface area (Å²) in [7, 11) is 1.76. The zero-order chi connectivity index (χ0) is 12.8. The molecule has 0 aliphatic carbocycles. The number of aliphatic carboxylic acids is 1. The molecule has 0 saturated carbocycles. The molecular weight excluding hydrogens is 244 g/mol. The maximum atomic E-state index is 11.6. The Morgan fingerprint density at radius 2 is 2.47 bits per heavy atom. The van der Waals surface area contributed by atoms with Crippen LogP contribution in [0.15, 0.2) is 0 Å². The predicted octanol–water partition coefficient (Wildman–Crippen LogP) is -0.460. The minimum Gasteiger partial charge on any atom is -0.480 e. The molecule has 1 aliphatic rings. The van der Waals surface area contributed by atoms with Gasteiger partial charge in [-0.1, -0.05) is 0 Å². The van der Waals surface area contributed by atoms with Crippen LogP contribution in [-0.4, -0.2) is 58.9 Å². The first-order valence-corrected chi connectivity index (χ1v) is 6.40. The zero-order valence-electron chi connectivity index (χ0n) is 9.59. The van der Waals surface area contributed by atoms with Crippen molar-refractivity contribution in [3.63, 3.8) is 0 Å². The minimum absolute atomic E-state index is 0.0642. The molecule has 7 heteroatoms. The zero-order valence-corrected chi connectivity index (χ0v) is 10.4. The summed E-state index contributed by atoms with van der Waals surface area (Å²) < 4.78 is 0. The summed E-state index contributed by atoms with van der Waals surface area (Å²) in [5.41, 5.74) is 0. The van der Waals surface area contributed by atoms with E-state index in [1.807, 2.05) is 0 Å². The van der Waals surface area contributed by atoms with Gasteiger partial charge in [-0.2, -0.15) is 0 Å². The summed E-state index contributed by atoms with van der Waals surface area (Å²) in [6.07, 6.45) is 1.52. The lowest BCUT2D eigenvalue weighted by atomic mass is 10.2. The topological polar surface area (TPSA) is 86.7 Å². The number of amides is 2. The van der Waals surface area contributed by atoms with Crippen molar-refractivity contribution in [1.82, 2.24) is 10.2 Å². The van der Waals surface area contributed by atoms with Gasteiger partial charge in [0.25, 0.3) is 0 Å². The second-order valence-electron chi connectivity index (χ2n) is 3.87. The second kappa shape index (κ2) is 6.48. The van der Waals surface area contributed by atoms with Crippen LogP contribution < -0.4 is 5.32 Å². The molecule has 1 rings (SSSR count). The number of nitrogens with one attached hydrogen (secondary N) is 1. The number of likely N-dealkylation sites (tertiary alicyclic amines) is 1. The minimum atomic E-state index is -1.05. The molecule has 0 aromatic heterocycles. The molecule has 1 saturated heterocycles. The lowest BCUT2D eigenvalue weighted by molar-refractivity contribution is -0.140. The van der Waals surface area contributed by atoms with E-state index in [4.69, 9.17) is 5.11 Å². The number of carboxylic acids is 1. The van der Waals surface area contributed by atoms with E-state index in [9.17, 15) is 14.4 Å². The van der Waals surface area contributed by atoms with Crippen molar-refractivity contribution in [2.75, 3.05) is 19.3 Å². The largest absolute Gasteiger partial charge is 0.480 e. The highest BCUT2D eigenvalue weighted by molar-refractivity contribution is 8.00. The van der Waals surface area contributed by atoms with Crippen LogP contribution >= 0.6 is 11.8 Å². The molecule has 17 heavy (non-hydrogen) atoms. The molecule has 2 amide bonds. The van der Waals surface area contributed by atoms with Gasteiger partial charge in [0.2, 0.25) is 12.3 Å². The van der Waals surface area contributed by atoms with E-state index in [2.05, 4.69) is 5.32 Å². The fourth-order valence-corrected chi connectivity index (χ4v) is 2.88. The molecule has 1 fully saturated rings. The van der Waals surface area contributed by atoms with E-state index >= 15 is 0 Å². The van der Waals surface area contributed by atoms with Gasteiger partial charge in [0.1, 0.15) is 6.04 Å². The smallest absolute Gasteiger partial charge is 0.326 e. The summed E-state index contributed by atoms with van der Waals surface area (Å²) in [6, 6.07) is -0.866. The first-order valence-electron chi connectivity index (χ1n) is 5.35. The fourth-order valence-electron chi connectivity index (χ4n) is 1.63. The molecule has 0 spiro atoms. The average Bonchev–Trinajstić information content (AvgIpc) is 2.59. The molecule has 96 valence electrons. The van der Waals surface area contributed by atoms with Crippen molar-refractivity contribution < 1.29 is 19.5 Å². The Kier molecular flexibility index (Phi) is 5.27. The van der Waals surface area contributed by atoms with Gasteiger partial charge in [0.15, 0.2) is 0 Å². The molecular formula is C10H16N2O4S. The molecule has 0 radical (unpaired) electrons. The standard InChI is InChI=1S/C10H16N2O4S/c1-12-4-2-8(9(12)14)17-5-3-7(10(15)16)11-6-13/h6-8H,2-5H2,1H3,(H,11,13)(H,15,16). The third-order valence-corrected chi connectivity index (χ3v) is 3.98. The number of carbonyl (C=O) groups is 3. The van der Waals surface area contributed by atoms with E-state index in [0.717, 1.165) is 13.0 Å². The van der Waals surface area contributed by atoms with Crippen molar-refractivity contribution in [2.45, 2.75) is 24.1 Å². The van der Waals surface area contributed by atoms with E-state index in [0.29, 0.717) is 18.6 Å². The molecule has 0 aromatic carbocycles. The number of thioether (sulfide) groups is 1. The van der Waals surface area contributed by atoms with E-state index < -0.39 is 12.0 Å². The van der Waals surface area contributed by atoms with Gasteiger partial charge in [-0.05, 0) is 18.6 Å². The third kappa shape index (κ3) is 3.92.